The van der Waals surface area contributed by atoms with E-state index in [1.165, 1.54) is 0 Å². The zero-order valence-corrected chi connectivity index (χ0v) is 11.2. The first-order valence-corrected chi connectivity index (χ1v) is 5.98. The average molecular weight is 321 g/mol. The highest BCUT2D eigenvalue weighted by Gasteiger charge is 2.27. The van der Waals surface area contributed by atoms with E-state index in [0.717, 1.165) is 26.9 Å². The summed E-state index contributed by atoms with van der Waals surface area (Å²) in [4.78, 5) is 0. The standard InChI is InChI=1S/C10H11Br2NO/c1-10(2)5-13-8-4-6(11)3-7(12)9(8)14-10/h3-4,13H,5H2,1-2H3. The molecule has 2 rings (SSSR count). The van der Waals surface area contributed by atoms with Crippen molar-refractivity contribution in [3.63, 3.8) is 0 Å². The molecule has 0 bridgehead atoms. The van der Waals surface area contributed by atoms with Gasteiger partial charge in [0.2, 0.25) is 0 Å². The van der Waals surface area contributed by atoms with Gasteiger partial charge in [-0.25, -0.2) is 0 Å². The van der Waals surface area contributed by atoms with Crippen LogP contribution in [0.2, 0.25) is 0 Å². The third kappa shape index (κ3) is 1.91. The van der Waals surface area contributed by atoms with Gasteiger partial charge in [0, 0.05) is 4.47 Å². The van der Waals surface area contributed by atoms with E-state index in [0.29, 0.717) is 0 Å². The van der Waals surface area contributed by atoms with Gasteiger partial charge in [-0.1, -0.05) is 15.9 Å². The van der Waals surface area contributed by atoms with E-state index < -0.39 is 0 Å². The van der Waals surface area contributed by atoms with E-state index in [4.69, 9.17) is 4.74 Å². The first-order chi connectivity index (χ1) is 6.48. The summed E-state index contributed by atoms with van der Waals surface area (Å²) in [6, 6.07) is 4.01. The third-order valence-corrected chi connectivity index (χ3v) is 3.14. The zero-order valence-electron chi connectivity index (χ0n) is 8.03. The predicted octanol–water partition coefficient (Wildman–Crippen LogP) is 3.79. The Morgan fingerprint density at radius 2 is 2.07 bits per heavy atom. The van der Waals surface area contributed by atoms with Gasteiger partial charge in [-0.05, 0) is 41.9 Å². The largest absolute Gasteiger partial charge is 0.483 e. The van der Waals surface area contributed by atoms with Crippen molar-refractivity contribution >= 4 is 37.5 Å². The van der Waals surface area contributed by atoms with E-state index in [9.17, 15) is 0 Å². The summed E-state index contributed by atoms with van der Waals surface area (Å²) >= 11 is 6.93. The summed E-state index contributed by atoms with van der Waals surface area (Å²) in [5, 5.41) is 3.35. The van der Waals surface area contributed by atoms with Crippen LogP contribution < -0.4 is 10.1 Å². The number of fused-ring (bicyclic) bond motifs is 1. The molecule has 0 amide bonds. The molecule has 1 heterocycles. The molecule has 0 atom stereocenters. The Labute approximate surface area is 100 Å². The Kier molecular flexibility index (Phi) is 2.52. The summed E-state index contributed by atoms with van der Waals surface area (Å²) < 4.78 is 7.89. The van der Waals surface area contributed by atoms with Crippen LogP contribution >= 0.6 is 31.9 Å². The monoisotopic (exact) mass is 319 g/mol. The van der Waals surface area contributed by atoms with Gasteiger partial charge in [0.05, 0.1) is 16.7 Å². The van der Waals surface area contributed by atoms with Crippen LogP contribution in [0.25, 0.3) is 0 Å². The second-order valence-corrected chi connectivity index (χ2v) is 5.75. The number of benzene rings is 1. The first-order valence-electron chi connectivity index (χ1n) is 4.40. The lowest BCUT2D eigenvalue weighted by Gasteiger charge is -2.34. The number of rotatable bonds is 0. The molecule has 0 radical (unpaired) electrons. The highest BCUT2D eigenvalue weighted by Crippen LogP contribution is 2.41. The fraction of sp³-hybridized carbons (Fsp3) is 0.400. The highest BCUT2D eigenvalue weighted by atomic mass is 79.9. The van der Waals surface area contributed by atoms with Crippen LogP contribution in [0, 0.1) is 0 Å². The van der Waals surface area contributed by atoms with Crippen LogP contribution in [0.5, 0.6) is 5.75 Å². The van der Waals surface area contributed by atoms with Crippen molar-refractivity contribution in [2.75, 3.05) is 11.9 Å². The summed E-state index contributed by atoms with van der Waals surface area (Å²) in [6.07, 6.45) is 0. The number of nitrogens with one attached hydrogen (secondary N) is 1. The molecule has 1 aliphatic rings. The summed E-state index contributed by atoms with van der Waals surface area (Å²) in [7, 11) is 0. The lowest BCUT2D eigenvalue weighted by Crippen LogP contribution is -2.40. The second-order valence-electron chi connectivity index (χ2n) is 3.98. The maximum absolute atomic E-state index is 5.87. The number of ether oxygens (including phenoxy) is 1. The van der Waals surface area contributed by atoms with Crippen molar-refractivity contribution in [2.45, 2.75) is 19.4 Å². The summed E-state index contributed by atoms with van der Waals surface area (Å²) in [5.41, 5.74) is 0.883. The van der Waals surface area contributed by atoms with Crippen LogP contribution in [-0.2, 0) is 0 Å². The molecule has 4 heteroatoms. The van der Waals surface area contributed by atoms with Crippen molar-refractivity contribution in [1.29, 1.82) is 0 Å². The van der Waals surface area contributed by atoms with Crippen molar-refractivity contribution in [2.24, 2.45) is 0 Å². The third-order valence-electron chi connectivity index (χ3n) is 2.09. The van der Waals surface area contributed by atoms with E-state index in [1.54, 1.807) is 0 Å². The Bertz CT molecular complexity index is 377. The molecule has 1 aromatic rings. The summed E-state index contributed by atoms with van der Waals surface area (Å²) in [5.74, 6) is 0.893. The SMILES string of the molecule is CC1(C)CNc2cc(Br)cc(Br)c2O1. The molecule has 0 unspecified atom stereocenters. The average Bonchev–Trinajstić information content (AvgIpc) is 2.06. The molecular weight excluding hydrogens is 310 g/mol. The molecule has 1 aromatic carbocycles. The van der Waals surface area contributed by atoms with Gasteiger partial charge in [-0.15, -0.1) is 0 Å². The first kappa shape index (κ1) is 10.3. The number of hydrogen-bond acceptors (Lipinski definition) is 2. The number of halogens is 2. The van der Waals surface area contributed by atoms with Gasteiger partial charge >= 0.3 is 0 Å². The molecule has 2 nitrogen and oxygen atoms in total. The maximum atomic E-state index is 5.87. The minimum atomic E-state index is -0.149. The zero-order chi connectivity index (χ0) is 10.3. The smallest absolute Gasteiger partial charge is 0.157 e. The Morgan fingerprint density at radius 1 is 1.36 bits per heavy atom. The Hall–Kier alpha value is -0.220. The van der Waals surface area contributed by atoms with E-state index in [1.807, 2.05) is 12.1 Å². The van der Waals surface area contributed by atoms with Crippen LogP contribution in [0.3, 0.4) is 0 Å². The van der Waals surface area contributed by atoms with E-state index in [2.05, 4.69) is 51.0 Å². The molecular formula is C10H11Br2NO. The highest BCUT2D eigenvalue weighted by molar-refractivity contribution is 9.11. The predicted molar refractivity (Wildman–Crippen MR) is 65.0 cm³/mol. The molecule has 0 aliphatic carbocycles. The van der Waals surface area contributed by atoms with E-state index in [-0.39, 0.29) is 5.60 Å². The molecule has 1 aliphatic heterocycles. The Morgan fingerprint density at radius 3 is 2.79 bits per heavy atom. The van der Waals surface area contributed by atoms with Crippen LogP contribution in [0.15, 0.2) is 21.1 Å². The van der Waals surface area contributed by atoms with Crippen LogP contribution in [0.4, 0.5) is 5.69 Å². The maximum Gasteiger partial charge on any atom is 0.157 e. The Balaban J connectivity index is 2.47. The molecule has 0 aromatic heterocycles. The van der Waals surface area contributed by atoms with Gasteiger partial charge in [-0.2, -0.15) is 0 Å². The topological polar surface area (TPSA) is 21.3 Å². The minimum Gasteiger partial charge on any atom is -0.483 e. The van der Waals surface area contributed by atoms with Crippen molar-refractivity contribution < 1.29 is 4.74 Å². The fourth-order valence-electron chi connectivity index (χ4n) is 1.42. The normalized spacial score (nSPS) is 18.0. The molecule has 76 valence electrons. The van der Waals surface area contributed by atoms with Crippen molar-refractivity contribution in [1.82, 2.24) is 0 Å². The van der Waals surface area contributed by atoms with Gasteiger partial charge < -0.3 is 10.1 Å². The van der Waals surface area contributed by atoms with E-state index >= 15 is 0 Å². The van der Waals surface area contributed by atoms with Gasteiger partial charge in [0.25, 0.3) is 0 Å². The molecule has 0 saturated carbocycles. The van der Waals surface area contributed by atoms with Gasteiger partial charge in [0.15, 0.2) is 5.75 Å². The molecule has 1 N–H and O–H groups in total. The minimum absolute atomic E-state index is 0.149. The molecule has 0 spiro atoms. The lowest BCUT2D eigenvalue weighted by atomic mass is 10.1. The molecule has 0 fully saturated rings. The van der Waals surface area contributed by atoms with Crippen molar-refractivity contribution in [3.05, 3.63) is 21.1 Å². The molecule has 14 heavy (non-hydrogen) atoms. The lowest BCUT2D eigenvalue weighted by molar-refractivity contribution is 0.115. The summed E-state index contributed by atoms with van der Waals surface area (Å²) in [6.45, 7) is 4.96. The number of anilines is 1. The van der Waals surface area contributed by atoms with Crippen LogP contribution in [-0.4, -0.2) is 12.1 Å². The fourth-order valence-corrected chi connectivity index (χ4v) is 2.72. The second kappa shape index (κ2) is 3.42. The number of hydrogen-bond donors (Lipinski definition) is 1. The van der Waals surface area contributed by atoms with Crippen molar-refractivity contribution in [3.8, 4) is 5.75 Å². The quantitative estimate of drug-likeness (QED) is 0.785. The van der Waals surface area contributed by atoms with Gasteiger partial charge in [-0.3, -0.25) is 0 Å². The molecule has 0 saturated heterocycles. The van der Waals surface area contributed by atoms with Crippen LogP contribution in [0.1, 0.15) is 13.8 Å². The van der Waals surface area contributed by atoms with Gasteiger partial charge in [0.1, 0.15) is 5.60 Å².